The normalized spacial score (nSPS) is 12.1. The summed E-state index contributed by atoms with van der Waals surface area (Å²) in [6, 6.07) is 3.00. The maximum atomic E-state index is 12.3. The van der Waals surface area contributed by atoms with Crippen LogP contribution in [0.5, 0.6) is 0 Å². The lowest BCUT2D eigenvalue weighted by Gasteiger charge is -2.13. The van der Waals surface area contributed by atoms with Crippen LogP contribution in [0.3, 0.4) is 0 Å². The van der Waals surface area contributed by atoms with Gasteiger partial charge in [-0.2, -0.15) is 0 Å². The van der Waals surface area contributed by atoms with Gasteiger partial charge in [0, 0.05) is 23.7 Å². The molecule has 1 aromatic rings. The van der Waals surface area contributed by atoms with E-state index in [1.54, 1.807) is 13.1 Å². The van der Waals surface area contributed by atoms with Gasteiger partial charge in [0.1, 0.15) is 4.90 Å². The molecule has 1 aromatic carbocycles. The molecule has 0 aliphatic carbocycles. The van der Waals surface area contributed by atoms with Gasteiger partial charge in [0.25, 0.3) is 0 Å². The van der Waals surface area contributed by atoms with Crippen molar-refractivity contribution in [3.05, 3.63) is 27.7 Å². The van der Waals surface area contributed by atoms with Gasteiger partial charge in [-0.1, -0.05) is 37.0 Å². The summed E-state index contributed by atoms with van der Waals surface area (Å²) in [5.74, 6) is 0.552. The highest BCUT2D eigenvalue weighted by Crippen LogP contribution is 2.30. The molecule has 0 saturated carbocycles. The number of rotatable bonds is 8. The van der Waals surface area contributed by atoms with Crippen LogP contribution in [-0.4, -0.2) is 22.0 Å². The topological polar surface area (TPSA) is 58.2 Å². The van der Waals surface area contributed by atoms with E-state index in [0.29, 0.717) is 29.6 Å². The molecule has 0 radical (unpaired) electrons. The monoisotopic (exact) mass is 352 g/mol. The zero-order valence-electron chi connectivity index (χ0n) is 12.5. The van der Waals surface area contributed by atoms with E-state index in [-0.39, 0.29) is 9.92 Å². The van der Waals surface area contributed by atoms with E-state index in [9.17, 15) is 8.42 Å². The van der Waals surface area contributed by atoms with Crippen LogP contribution in [0.25, 0.3) is 0 Å². The Bertz CT molecular complexity index is 575. The van der Waals surface area contributed by atoms with E-state index in [1.165, 1.54) is 6.07 Å². The molecular weight excluding hydrogens is 331 g/mol. The molecule has 21 heavy (non-hydrogen) atoms. The number of hydrogen-bond acceptors (Lipinski definition) is 3. The van der Waals surface area contributed by atoms with Gasteiger partial charge in [-0.15, -0.1) is 0 Å². The molecule has 0 saturated heterocycles. The minimum atomic E-state index is -3.61. The molecule has 120 valence electrons. The zero-order chi connectivity index (χ0) is 16.0. The first-order chi connectivity index (χ1) is 9.79. The van der Waals surface area contributed by atoms with Gasteiger partial charge >= 0.3 is 0 Å². The third-order valence-electron chi connectivity index (χ3n) is 3.04. The number of halogens is 2. The Labute approximate surface area is 137 Å². The number of nitrogens with one attached hydrogen (secondary N) is 2. The smallest absolute Gasteiger partial charge is 0.242 e. The molecule has 0 aliphatic heterocycles. The first kappa shape index (κ1) is 18.7. The molecule has 0 atom stereocenters. The van der Waals surface area contributed by atoms with E-state index in [1.807, 2.05) is 0 Å². The van der Waals surface area contributed by atoms with Crippen LogP contribution in [0, 0.1) is 5.92 Å². The van der Waals surface area contributed by atoms with Crippen molar-refractivity contribution < 1.29 is 8.42 Å². The highest BCUT2D eigenvalue weighted by atomic mass is 35.5. The summed E-state index contributed by atoms with van der Waals surface area (Å²) >= 11 is 12.2. The summed E-state index contributed by atoms with van der Waals surface area (Å²) < 4.78 is 27.2. The van der Waals surface area contributed by atoms with Gasteiger partial charge in [-0.3, -0.25) is 0 Å². The fraction of sp³-hybridized carbons (Fsp3) is 0.571. The quantitative estimate of drug-likeness (QED) is 0.704. The van der Waals surface area contributed by atoms with Crippen LogP contribution in [0.1, 0.15) is 32.3 Å². The van der Waals surface area contributed by atoms with Crippen molar-refractivity contribution in [2.45, 2.75) is 38.1 Å². The van der Waals surface area contributed by atoms with Crippen LogP contribution in [0.2, 0.25) is 10.0 Å². The minimum absolute atomic E-state index is 0.0726. The molecular formula is C14H22Cl2N2O2S. The summed E-state index contributed by atoms with van der Waals surface area (Å²) in [7, 11) is -1.87. The fourth-order valence-corrected chi connectivity index (χ4v) is 3.90. The van der Waals surface area contributed by atoms with Gasteiger partial charge in [0.15, 0.2) is 0 Å². The van der Waals surface area contributed by atoms with Crippen molar-refractivity contribution in [3.63, 3.8) is 0 Å². The fourth-order valence-electron chi connectivity index (χ4n) is 1.92. The molecule has 0 aliphatic rings. The van der Waals surface area contributed by atoms with Gasteiger partial charge in [0.2, 0.25) is 10.0 Å². The minimum Gasteiger partial charge on any atom is -0.316 e. The van der Waals surface area contributed by atoms with E-state index < -0.39 is 10.0 Å². The molecule has 0 bridgehead atoms. The molecule has 0 spiro atoms. The Hall–Kier alpha value is -0.330. The highest BCUT2D eigenvalue weighted by molar-refractivity contribution is 7.89. The summed E-state index contributed by atoms with van der Waals surface area (Å²) in [4.78, 5) is 0.0726. The lowest BCUT2D eigenvalue weighted by atomic mass is 10.1. The summed E-state index contributed by atoms with van der Waals surface area (Å²) in [5.41, 5.74) is 0.589. The van der Waals surface area contributed by atoms with Crippen molar-refractivity contribution in [3.8, 4) is 0 Å². The second-order valence-corrected chi connectivity index (χ2v) is 7.82. The molecule has 4 nitrogen and oxygen atoms in total. The molecule has 0 heterocycles. The predicted molar refractivity (Wildman–Crippen MR) is 88.5 cm³/mol. The second kappa shape index (κ2) is 8.34. The first-order valence-electron chi connectivity index (χ1n) is 6.90. The maximum Gasteiger partial charge on any atom is 0.242 e. The molecule has 1 rings (SSSR count). The Morgan fingerprint density at radius 2 is 1.90 bits per heavy atom. The zero-order valence-corrected chi connectivity index (χ0v) is 14.9. The van der Waals surface area contributed by atoms with Crippen LogP contribution < -0.4 is 10.0 Å². The van der Waals surface area contributed by atoms with E-state index >= 15 is 0 Å². The van der Waals surface area contributed by atoms with Crippen molar-refractivity contribution in [2.75, 3.05) is 13.6 Å². The predicted octanol–water partition coefficient (Wildman–Crippen LogP) is 3.43. The average molecular weight is 353 g/mol. The van der Waals surface area contributed by atoms with Crippen LogP contribution >= 0.6 is 23.2 Å². The van der Waals surface area contributed by atoms with Crippen molar-refractivity contribution >= 4 is 33.2 Å². The molecule has 0 amide bonds. The van der Waals surface area contributed by atoms with Gasteiger partial charge in [0.05, 0.1) is 5.02 Å². The number of hydrogen-bond donors (Lipinski definition) is 2. The van der Waals surface area contributed by atoms with E-state index in [0.717, 1.165) is 12.8 Å². The Balaban J connectivity index is 2.90. The molecule has 7 heteroatoms. The Kier molecular flexibility index (Phi) is 7.44. The maximum absolute atomic E-state index is 12.3. The SMILES string of the molecule is CNCc1c(Cl)ccc(S(=O)(=O)NCCCC(C)C)c1Cl. The largest absolute Gasteiger partial charge is 0.316 e. The van der Waals surface area contributed by atoms with E-state index in [4.69, 9.17) is 23.2 Å². The Morgan fingerprint density at radius 3 is 2.48 bits per heavy atom. The first-order valence-corrected chi connectivity index (χ1v) is 9.14. The number of benzene rings is 1. The van der Waals surface area contributed by atoms with E-state index in [2.05, 4.69) is 23.9 Å². The second-order valence-electron chi connectivity index (χ2n) is 5.30. The third-order valence-corrected chi connectivity index (χ3v) is 5.45. The summed E-state index contributed by atoms with van der Waals surface area (Å²) in [6.07, 6.45) is 1.77. The standard InChI is InChI=1S/C14H22Cl2N2O2S/c1-10(2)5-4-8-18-21(19,20)13-7-6-12(15)11(9-17-3)14(13)16/h6-7,10,17-18H,4-5,8-9H2,1-3H3. The Morgan fingerprint density at radius 1 is 1.24 bits per heavy atom. The summed E-state index contributed by atoms with van der Waals surface area (Å²) in [6.45, 7) is 5.03. The van der Waals surface area contributed by atoms with Gasteiger partial charge < -0.3 is 5.32 Å². The molecule has 0 fully saturated rings. The highest BCUT2D eigenvalue weighted by Gasteiger charge is 2.21. The van der Waals surface area contributed by atoms with Crippen molar-refractivity contribution in [2.24, 2.45) is 5.92 Å². The summed E-state index contributed by atoms with van der Waals surface area (Å²) in [5, 5.41) is 3.55. The van der Waals surface area contributed by atoms with Crippen LogP contribution in [-0.2, 0) is 16.6 Å². The van der Waals surface area contributed by atoms with Crippen LogP contribution in [0.15, 0.2) is 17.0 Å². The van der Waals surface area contributed by atoms with Gasteiger partial charge in [-0.25, -0.2) is 13.1 Å². The van der Waals surface area contributed by atoms with Gasteiger partial charge in [-0.05, 0) is 37.9 Å². The van der Waals surface area contributed by atoms with Crippen LogP contribution in [0.4, 0.5) is 0 Å². The lowest BCUT2D eigenvalue weighted by molar-refractivity contribution is 0.540. The van der Waals surface area contributed by atoms with Crippen molar-refractivity contribution in [1.82, 2.24) is 10.0 Å². The molecule has 2 N–H and O–H groups in total. The average Bonchev–Trinajstić information content (AvgIpc) is 2.39. The molecule has 0 aromatic heterocycles. The molecule has 0 unspecified atom stereocenters. The lowest BCUT2D eigenvalue weighted by Crippen LogP contribution is -2.25. The number of sulfonamides is 1. The third kappa shape index (κ3) is 5.42. The van der Waals surface area contributed by atoms with Crippen molar-refractivity contribution in [1.29, 1.82) is 0 Å².